The van der Waals surface area contributed by atoms with Gasteiger partial charge in [-0.25, -0.2) is 4.98 Å². The van der Waals surface area contributed by atoms with Crippen LogP contribution in [0.1, 0.15) is 0 Å². The standard InChI is InChI=1S/C13H12F3N5O2/c1-2-5-17-12-19-10-4-3-8(21(22)23)6-9(10)11(20-12)18-7-13(14,15)16/h2-4,6H,1,5,7H2,(H2,17,18,19,20). The number of aromatic nitrogens is 2. The van der Waals surface area contributed by atoms with Crippen molar-refractivity contribution in [2.45, 2.75) is 6.18 Å². The van der Waals surface area contributed by atoms with Crippen molar-refractivity contribution in [3.05, 3.63) is 41.0 Å². The van der Waals surface area contributed by atoms with Crippen LogP contribution in [-0.2, 0) is 0 Å². The van der Waals surface area contributed by atoms with Crippen LogP contribution in [0.4, 0.5) is 30.6 Å². The third-order valence-corrected chi connectivity index (χ3v) is 2.75. The van der Waals surface area contributed by atoms with Crippen molar-refractivity contribution in [3.8, 4) is 0 Å². The van der Waals surface area contributed by atoms with Crippen LogP contribution in [0.25, 0.3) is 10.9 Å². The summed E-state index contributed by atoms with van der Waals surface area (Å²) >= 11 is 0. The molecule has 2 rings (SSSR count). The van der Waals surface area contributed by atoms with E-state index in [2.05, 4.69) is 27.2 Å². The second kappa shape index (κ2) is 6.46. The Morgan fingerprint density at radius 1 is 1.30 bits per heavy atom. The molecular weight excluding hydrogens is 315 g/mol. The van der Waals surface area contributed by atoms with Gasteiger partial charge in [0.2, 0.25) is 5.95 Å². The number of alkyl halides is 3. The first kappa shape index (κ1) is 16.5. The largest absolute Gasteiger partial charge is 0.405 e. The number of benzene rings is 1. The van der Waals surface area contributed by atoms with E-state index >= 15 is 0 Å². The summed E-state index contributed by atoms with van der Waals surface area (Å²) < 4.78 is 37.2. The van der Waals surface area contributed by atoms with Crippen LogP contribution in [0.2, 0.25) is 0 Å². The highest BCUT2D eigenvalue weighted by atomic mass is 19.4. The number of rotatable bonds is 6. The Bertz CT molecular complexity index is 748. The van der Waals surface area contributed by atoms with Crippen LogP contribution in [-0.4, -0.2) is 34.2 Å². The molecule has 0 atom stereocenters. The third-order valence-electron chi connectivity index (χ3n) is 2.75. The van der Waals surface area contributed by atoms with E-state index in [1.54, 1.807) is 0 Å². The fourth-order valence-electron chi connectivity index (χ4n) is 1.79. The van der Waals surface area contributed by atoms with Crippen molar-refractivity contribution >= 4 is 28.4 Å². The minimum atomic E-state index is -4.45. The van der Waals surface area contributed by atoms with Crippen molar-refractivity contribution in [1.82, 2.24) is 9.97 Å². The number of nitro groups is 1. The minimum Gasteiger partial charge on any atom is -0.360 e. The number of nitro benzene ring substituents is 1. The Morgan fingerprint density at radius 3 is 2.65 bits per heavy atom. The Labute approximate surface area is 128 Å². The number of halogens is 3. The molecule has 1 aromatic heterocycles. The van der Waals surface area contributed by atoms with Gasteiger partial charge in [0.1, 0.15) is 12.4 Å². The highest BCUT2D eigenvalue weighted by molar-refractivity contribution is 5.91. The van der Waals surface area contributed by atoms with E-state index in [9.17, 15) is 23.3 Å². The van der Waals surface area contributed by atoms with Gasteiger partial charge >= 0.3 is 6.18 Å². The lowest BCUT2D eigenvalue weighted by molar-refractivity contribution is -0.384. The molecule has 0 bridgehead atoms. The second-order valence-electron chi connectivity index (χ2n) is 4.49. The number of nitrogens with one attached hydrogen (secondary N) is 2. The fraction of sp³-hybridized carbons (Fsp3) is 0.231. The van der Waals surface area contributed by atoms with E-state index in [4.69, 9.17) is 0 Å². The normalized spacial score (nSPS) is 11.3. The minimum absolute atomic E-state index is 0.0935. The van der Waals surface area contributed by atoms with E-state index in [1.165, 1.54) is 18.2 Å². The van der Waals surface area contributed by atoms with Crippen LogP contribution in [0, 0.1) is 10.1 Å². The van der Waals surface area contributed by atoms with Gasteiger partial charge in [-0.15, -0.1) is 6.58 Å². The SMILES string of the molecule is C=CCNc1nc(NCC(F)(F)F)c2cc([N+](=O)[O-])ccc2n1. The highest BCUT2D eigenvalue weighted by Gasteiger charge is 2.27. The first-order chi connectivity index (χ1) is 10.8. The van der Waals surface area contributed by atoms with E-state index in [0.717, 1.165) is 6.07 Å². The van der Waals surface area contributed by atoms with E-state index in [-0.39, 0.29) is 28.4 Å². The van der Waals surface area contributed by atoms with Gasteiger partial charge in [-0.3, -0.25) is 10.1 Å². The van der Waals surface area contributed by atoms with Crippen molar-refractivity contribution in [3.63, 3.8) is 0 Å². The number of non-ortho nitro benzene ring substituents is 1. The lowest BCUT2D eigenvalue weighted by Gasteiger charge is -2.12. The number of anilines is 2. The van der Waals surface area contributed by atoms with Gasteiger partial charge in [-0.1, -0.05) is 6.08 Å². The van der Waals surface area contributed by atoms with Crippen LogP contribution >= 0.6 is 0 Å². The highest BCUT2D eigenvalue weighted by Crippen LogP contribution is 2.27. The molecule has 0 fully saturated rings. The molecule has 23 heavy (non-hydrogen) atoms. The first-order valence-corrected chi connectivity index (χ1v) is 6.42. The molecule has 0 aliphatic rings. The molecule has 0 amide bonds. The van der Waals surface area contributed by atoms with Crippen LogP contribution < -0.4 is 10.6 Å². The van der Waals surface area contributed by atoms with Gasteiger partial charge < -0.3 is 10.6 Å². The Morgan fingerprint density at radius 2 is 2.04 bits per heavy atom. The van der Waals surface area contributed by atoms with Crippen molar-refractivity contribution in [1.29, 1.82) is 0 Å². The summed E-state index contributed by atoms with van der Waals surface area (Å²) in [5.74, 6) is -0.0430. The molecule has 1 heterocycles. The molecule has 7 nitrogen and oxygen atoms in total. The third kappa shape index (κ3) is 4.28. The molecule has 2 aromatic rings. The predicted molar refractivity (Wildman–Crippen MR) is 79.4 cm³/mol. The molecule has 0 radical (unpaired) electrons. The van der Waals surface area contributed by atoms with Crippen molar-refractivity contribution in [2.24, 2.45) is 0 Å². The fourth-order valence-corrected chi connectivity index (χ4v) is 1.79. The second-order valence-corrected chi connectivity index (χ2v) is 4.49. The Kier molecular flexibility index (Phi) is 4.63. The van der Waals surface area contributed by atoms with Crippen molar-refractivity contribution < 1.29 is 18.1 Å². The molecule has 0 spiro atoms. The molecule has 1 aromatic carbocycles. The zero-order valence-corrected chi connectivity index (χ0v) is 11.7. The summed E-state index contributed by atoms with van der Waals surface area (Å²) in [6.45, 7) is 2.50. The maximum absolute atomic E-state index is 12.4. The monoisotopic (exact) mass is 327 g/mol. The van der Waals surface area contributed by atoms with Gasteiger partial charge in [0.25, 0.3) is 5.69 Å². The predicted octanol–water partition coefficient (Wildman–Crippen LogP) is 3.11. The Balaban J connectivity index is 2.49. The summed E-state index contributed by atoms with van der Waals surface area (Å²) in [6, 6.07) is 3.71. The van der Waals surface area contributed by atoms with Gasteiger partial charge in [0.05, 0.1) is 10.4 Å². The number of hydrogen-bond donors (Lipinski definition) is 2. The van der Waals surface area contributed by atoms with Gasteiger partial charge in [0.15, 0.2) is 0 Å². The average Bonchev–Trinajstić information content (AvgIpc) is 2.49. The molecule has 0 unspecified atom stereocenters. The molecule has 0 saturated carbocycles. The molecule has 0 aliphatic carbocycles. The van der Waals surface area contributed by atoms with E-state index in [0.29, 0.717) is 6.54 Å². The zero-order valence-electron chi connectivity index (χ0n) is 11.7. The van der Waals surface area contributed by atoms with E-state index < -0.39 is 17.6 Å². The zero-order chi connectivity index (χ0) is 17.0. The molecule has 0 saturated heterocycles. The quantitative estimate of drug-likeness (QED) is 0.481. The van der Waals surface area contributed by atoms with Gasteiger partial charge in [0, 0.05) is 24.1 Å². The van der Waals surface area contributed by atoms with E-state index in [1.807, 2.05) is 0 Å². The molecule has 2 N–H and O–H groups in total. The van der Waals surface area contributed by atoms with Crippen LogP contribution in [0.15, 0.2) is 30.9 Å². The maximum Gasteiger partial charge on any atom is 0.405 e. The molecule has 122 valence electrons. The lowest BCUT2D eigenvalue weighted by atomic mass is 10.2. The topological polar surface area (TPSA) is 93.0 Å². The van der Waals surface area contributed by atoms with Gasteiger partial charge in [-0.05, 0) is 6.07 Å². The molecular formula is C13H12F3N5O2. The summed E-state index contributed by atoms with van der Waals surface area (Å²) in [7, 11) is 0. The summed E-state index contributed by atoms with van der Waals surface area (Å²) in [4.78, 5) is 18.2. The summed E-state index contributed by atoms with van der Waals surface area (Å²) in [5, 5.41) is 15.9. The average molecular weight is 327 g/mol. The molecule has 10 heteroatoms. The first-order valence-electron chi connectivity index (χ1n) is 6.42. The number of nitrogens with zero attached hydrogens (tertiary/aromatic N) is 3. The summed E-state index contributed by atoms with van der Waals surface area (Å²) in [6.07, 6.45) is -2.92. The smallest absolute Gasteiger partial charge is 0.360 e. The summed E-state index contributed by atoms with van der Waals surface area (Å²) in [5.41, 5.74) is 0.0183. The van der Waals surface area contributed by atoms with Gasteiger partial charge in [-0.2, -0.15) is 18.2 Å². The lowest BCUT2D eigenvalue weighted by Crippen LogP contribution is -2.22. The molecule has 0 aliphatic heterocycles. The Hall–Kier alpha value is -2.91. The maximum atomic E-state index is 12.4. The number of fused-ring (bicyclic) bond motifs is 1. The van der Waals surface area contributed by atoms with Crippen molar-refractivity contribution in [2.75, 3.05) is 23.7 Å². The van der Waals surface area contributed by atoms with Crippen LogP contribution in [0.3, 0.4) is 0 Å². The number of hydrogen-bond acceptors (Lipinski definition) is 6. The van der Waals surface area contributed by atoms with Crippen LogP contribution in [0.5, 0.6) is 0 Å².